The van der Waals surface area contributed by atoms with E-state index in [-0.39, 0.29) is 29.8 Å². The number of rotatable bonds is 3. The molecule has 7 heteroatoms. The van der Waals surface area contributed by atoms with Gasteiger partial charge in [0.1, 0.15) is 5.60 Å². The summed E-state index contributed by atoms with van der Waals surface area (Å²) in [5.41, 5.74) is -1.12. The highest BCUT2D eigenvalue weighted by Gasteiger charge is 2.50. The maximum Gasteiger partial charge on any atom is 0.254 e. The average molecular weight is 404 g/mol. The van der Waals surface area contributed by atoms with E-state index in [2.05, 4.69) is 6.07 Å². The third-order valence-corrected chi connectivity index (χ3v) is 7.77. The van der Waals surface area contributed by atoms with Crippen molar-refractivity contribution in [1.82, 2.24) is 9.80 Å². The van der Waals surface area contributed by atoms with E-state index in [0.717, 1.165) is 38.5 Å². The summed E-state index contributed by atoms with van der Waals surface area (Å²) in [7, 11) is 0. The zero-order valence-electron chi connectivity index (χ0n) is 17.1. The number of piperazine rings is 1. The zero-order chi connectivity index (χ0) is 20.6. The number of nitriles is 1. The molecule has 0 aromatic heterocycles. The molecule has 1 saturated heterocycles. The lowest BCUT2D eigenvalue weighted by atomic mass is 9.66. The number of hydrogen-bond donors (Lipinski definition) is 2. The lowest BCUT2D eigenvalue weighted by Crippen LogP contribution is -2.54. The third kappa shape index (κ3) is 4.29. The summed E-state index contributed by atoms with van der Waals surface area (Å²) < 4.78 is 0. The summed E-state index contributed by atoms with van der Waals surface area (Å²) >= 11 is 0. The highest BCUT2D eigenvalue weighted by molar-refractivity contribution is 5.88. The number of nitrogens with zero attached hydrogens (tertiary/aromatic N) is 3. The monoisotopic (exact) mass is 403 g/mol. The van der Waals surface area contributed by atoms with Crippen LogP contribution in [0, 0.1) is 35.0 Å². The second-order valence-electron chi connectivity index (χ2n) is 9.63. The van der Waals surface area contributed by atoms with Crippen LogP contribution in [-0.2, 0) is 9.59 Å². The number of aliphatic hydroxyl groups is 2. The molecule has 3 aliphatic carbocycles. The first-order valence-electron chi connectivity index (χ1n) is 11.3. The summed E-state index contributed by atoms with van der Waals surface area (Å²) in [4.78, 5) is 28.8. The van der Waals surface area contributed by atoms with Crippen LogP contribution in [0.5, 0.6) is 0 Å². The van der Waals surface area contributed by atoms with Gasteiger partial charge < -0.3 is 20.0 Å². The van der Waals surface area contributed by atoms with Crippen molar-refractivity contribution >= 4 is 11.8 Å². The van der Waals surface area contributed by atoms with Crippen molar-refractivity contribution in [2.75, 3.05) is 26.2 Å². The quantitative estimate of drug-likeness (QED) is 0.739. The minimum atomic E-state index is -1.12. The Labute approximate surface area is 172 Å². The molecule has 3 atom stereocenters. The summed E-state index contributed by atoms with van der Waals surface area (Å²) in [5, 5.41) is 29.3. The number of carbonyl (C=O) groups is 2. The van der Waals surface area contributed by atoms with Crippen LogP contribution in [0.25, 0.3) is 0 Å². The molecule has 1 aliphatic heterocycles. The average Bonchev–Trinajstić information content (AvgIpc) is 3.51. The Kier molecular flexibility index (Phi) is 5.85. The lowest BCUT2D eigenvalue weighted by Gasteiger charge is -2.41. The fourth-order valence-corrected chi connectivity index (χ4v) is 5.69. The van der Waals surface area contributed by atoms with Crippen LogP contribution in [0.2, 0.25) is 0 Å². The molecule has 2 amide bonds. The minimum Gasteiger partial charge on any atom is -0.393 e. The molecule has 3 unspecified atom stereocenters. The van der Waals surface area contributed by atoms with Crippen molar-refractivity contribution in [2.45, 2.75) is 69.5 Å². The molecule has 1 heterocycles. The van der Waals surface area contributed by atoms with Crippen LogP contribution in [-0.4, -0.2) is 69.7 Å². The van der Waals surface area contributed by atoms with Crippen molar-refractivity contribution in [3.8, 4) is 6.07 Å². The number of hydrogen-bond acceptors (Lipinski definition) is 5. The molecule has 0 spiro atoms. The van der Waals surface area contributed by atoms with Gasteiger partial charge in [-0.25, -0.2) is 0 Å². The minimum absolute atomic E-state index is 0.0517. The van der Waals surface area contributed by atoms with Crippen LogP contribution in [0.4, 0.5) is 0 Å². The molecule has 160 valence electrons. The Hall–Kier alpha value is -1.65. The largest absolute Gasteiger partial charge is 0.393 e. The third-order valence-electron chi connectivity index (χ3n) is 7.77. The summed E-state index contributed by atoms with van der Waals surface area (Å²) in [6.07, 6.45) is 6.81. The lowest BCUT2D eigenvalue weighted by molar-refractivity contribution is -0.148. The zero-order valence-corrected chi connectivity index (χ0v) is 17.1. The first-order chi connectivity index (χ1) is 13.9. The Bertz CT molecular complexity index is 670. The topological polar surface area (TPSA) is 105 Å². The number of amides is 2. The normalized spacial score (nSPS) is 36.9. The standard InChI is InChI=1S/C22H33N3O4/c23-14-17-13-18(26)5-6-19(17)15-1-3-16(4-2-15)20(27)24-9-11-25(12-10-24)21(28)22(29)7-8-22/h15-19,26,29H,1-13H2. The van der Waals surface area contributed by atoms with Crippen molar-refractivity contribution < 1.29 is 19.8 Å². The van der Waals surface area contributed by atoms with Gasteiger partial charge in [-0.2, -0.15) is 5.26 Å². The van der Waals surface area contributed by atoms with E-state index in [0.29, 0.717) is 57.3 Å². The maximum atomic E-state index is 13.0. The highest BCUT2D eigenvalue weighted by atomic mass is 16.3. The fourth-order valence-electron chi connectivity index (χ4n) is 5.69. The molecule has 29 heavy (non-hydrogen) atoms. The van der Waals surface area contributed by atoms with Crippen LogP contribution in [0.1, 0.15) is 57.8 Å². The van der Waals surface area contributed by atoms with E-state index in [9.17, 15) is 25.1 Å². The van der Waals surface area contributed by atoms with Gasteiger partial charge in [0.05, 0.1) is 18.1 Å². The number of carbonyl (C=O) groups excluding carboxylic acids is 2. The summed E-state index contributed by atoms with van der Waals surface area (Å²) in [5.74, 6) is 0.886. The van der Waals surface area contributed by atoms with Crippen LogP contribution >= 0.6 is 0 Å². The summed E-state index contributed by atoms with van der Waals surface area (Å²) in [6, 6.07) is 2.41. The Morgan fingerprint density at radius 2 is 1.55 bits per heavy atom. The fraction of sp³-hybridized carbons (Fsp3) is 0.864. The van der Waals surface area contributed by atoms with Gasteiger partial charge in [-0.05, 0) is 69.6 Å². The maximum absolute atomic E-state index is 13.0. The van der Waals surface area contributed by atoms with Gasteiger partial charge in [-0.15, -0.1) is 0 Å². The Balaban J connectivity index is 1.24. The van der Waals surface area contributed by atoms with Gasteiger partial charge in [0.2, 0.25) is 5.91 Å². The SMILES string of the molecule is N#CC1CC(O)CCC1C1CCC(C(=O)N2CCN(C(=O)C3(O)CC3)CC2)CC1. The molecule has 4 fully saturated rings. The second kappa shape index (κ2) is 8.23. The molecule has 2 N–H and O–H groups in total. The van der Waals surface area contributed by atoms with Gasteiger partial charge in [0.25, 0.3) is 5.91 Å². The van der Waals surface area contributed by atoms with Crippen LogP contribution < -0.4 is 0 Å². The van der Waals surface area contributed by atoms with Crippen molar-refractivity contribution in [1.29, 1.82) is 5.26 Å². The van der Waals surface area contributed by atoms with Crippen molar-refractivity contribution in [3.05, 3.63) is 0 Å². The highest BCUT2D eigenvalue weighted by Crippen LogP contribution is 2.43. The van der Waals surface area contributed by atoms with Crippen molar-refractivity contribution in [3.63, 3.8) is 0 Å². The van der Waals surface area contributed by atoms with Gasteiger partial charge in [-0.1, -0.05) is 0 Å². The van der Waals surface area contributed by atoms with E-state index < -0.39 is 5.60 Å². The van der Waals surface area contributed by atoms with Gasteiger partial charge in [0.15, 0.2) is 0 Å². The smallest absolute Gasteiger partial charge is 0.254 e. The van der Waals surface area contributed by atoms with E-state index in [4.69, 9.17) is 0 Å². The summed E-state index contributed by atoms with van der Waals surface area (Å²) in [6.45, 7) is 2.13. The first kappa shape index (κ1) is 20.6. The van der Waals surface area contributed by atoms with Crippen molar-refractivity contribution in [2.24, 2.45) is 23.7 Å². The van der Waals surface area contributed by atoms with Gasteiger partial charge >= 0.3 is 0 Å². The molecule has 7 nitrogen and oxygen atoms in total. The van der Waals surface area contributed by atoms with Gasteiger partial charge in [-0.3, -0.25) is 9.59 Å². The molecular formula is C22H33N3O4. The van der Waals surface area contributed by atoms with Crippen LogP contribution in [0.3, 0.4) is 0 Å². The first-order valence-corrected chi connectivity index (χ1v) is 11.3. The molecule has 0 aromatic carbocycles. The van der Waals surface area contributed by atoms with Crippen LogP contribution in [0.15, 0.2) is 0 Å². The number of aliphatic hydroxyl groups excluding tert-OH is 1. The molecule has 4 rings (SSSR count). The Morgan fingerprint density at radius 1 is 0.931 bits per heavy atom. The Morgan fingerprint density at radius 3 is 2.14 bits per heavy atom. The van der Waals surface area contributed by atoms with E-state index in [1.54, 1.807) is 4.90 Å². The van der Waals surface area contributed by atoms with E-state index >= 15 is 0 Å². The predicted molar refractivity (Wildman–Crippen MR) is 105 cm³/mol. The van der Waals surface area contributed by atoms with E-state index in [1.807, 2.05) is 4.90 Å². The second-order valence-corrected chi connectivity index (χ2v) is 9.63. The molecule has 0 bridgehead atoms. The van der Waals surface area contributed by atoms with Gasteiger partial charge in [0, 0.05) is 32.1 Å². The molecular weight excluding hydrogens is 370 g/mol. The molecule has 4 aliphatic rings. The molecule has 3 saturated carbocycles. The molecule has 0 radical (unpaired) electrons. The predicted octanol–water partition coefficient (Wildman–Crippen LogP) is 1.29. The van der Waals surface area contributed by atoms with E-state index in [1.165, 1.54) is 0 Å². The molecule has 0 aromatic rings.